The van der Waals surface area contributed by atoms with Gasteiger partial charge in [0, 0.05) is 29.7 Å². The zero-order valence-electron chi connectivity index (χ0n) is 12.8. The van der Waals surface area contributed by atoms with E-state index in [2.05, 4.69) is 0 Å². The summed E-state index contributed by atoms with van der Waals surface area (Å²) in [4.78, 5) is 13.9. The van der Waals surface area contributed by atoms with Crippen LogP contribution in [-0.4, -0.2) is 29.6 Å². The molecule has 1 heterocycles. The molecular formula is C18H16F3NOS. The summed E-state index contributed by atoms with van der Waals surface area (Å²) >= 11 is 1.55. The lowest BCUT2D eigenvalue weighted by molar-refractivity contribution is 0.0756. The van der Waals surface area contributed by atoms with Gasteiger partial charge >= 0.3 is 0 Å². The van der Waals surface area contributed by atoms with Gasteiger partial charge in [0.2, 0.25) is 0 Å². The molecular weight excluding hydrogens is 335 g/mol. The molecule has 3 rings (SSSR count). The third-order valence-electron chi connectivity index (χ3n) is 4.06. The highest BCUT2D eigenvalue weighted by atomic mass is 32.2. The van der Waals surface area contributed by atoms with Gasteiger partial charge in [-0.05, 0) is 24.6 Å². The summed E-state index contributed by atoms with van der Waals surface area (Å²) < 4.78 is 41.6. The van der Waals surface area contributed by atoms with Crippen molar-refractivity contribution < 1.29 is 18.0 Å². The third-order valence-corrected chi connectivity index (χ3v) is 5.37. The Kier molecular flexibility index (Phi) is 5.14. The number of benzene rings is 2. The van der Waals surface area contributed by atoms with Crippen molar-refractivity contribution in [3.05, 3.63) is 71.0 Å². The molecule has 0 aliphatic carbocycles. The van der Waals surface area contributed by atoms with E-state index in [1.807, 2.05) is 0 Å². The largest absolute Gasteiger partial charge is 0.338 e. The number of carbonyl (C=O) groups excluding carboxylic acids is 1. The van der Waals surface area contributed by atoms with Crippen molar-refractivity contribution in [3.63, 3.8) is 0 Å². The summed E-state index contributed by atoms with van der Waals surface area (Å²) in [6.07, 6.45) is 0.535. The van der Waals surface area contributed by atoms with Gasteiger partial charge in [0.05, 0.1) is 0 Å². The van der Waals surface area contributed by atoms with E-state index in [9.17, 15) is 18.0 Å². The van der Waals surface area contributed by atoms with Gasteiger partial charge in [-0.25, -0.2) is 13.2 Å². The molecule has 126 valence electrons. The minimum atomic E-state index is -0.859. The second kappa shape index (κ2) is 7.30. The van der Waals surface area contributed by atoms with Crippen LogP contribution in [0.25, 0.3) is 0 Å². The van der Waals surface area contributed by atoms with Gasteiger partial charge in [-0.2, -0.15) is 11.8 Å². The van der Waals surface area contributed by atoms with Gasteiger partial charge in [0.25, 0.3) is 5.91 Å². The minimum absolute atomic E-state index is 0.0746. The lowest BCUT2D eigenvalue weighted by Gasteiger charge is -2.21. The first kappa shape index (κ1) is 16.9. The van der Waals surface area contributed by atoms with E-state index >= 15 is 0 Å². The molecule has 24 heavy (non-hydrogen) atoms. The molecule has 0 saturated carbocycles. The average molecular weight is 351 g/mol. The fourth-order valence-corrected chi connectivity index (χ4v) is 4.07. The van der Waals surface area contributed by atoms with E-state index in [-0.39, 0.29) is 11.1 Å². The molecule has 0 N–H and O–H groups in total. The van der Waals surface area contributed by atoms with Crippen molar-refractivity contribution in [1.82, 2.24) is 4.90 Å². The predicted molar refractivity (Wildman–Crippen MR) is 88.5 cm³/mol. The van der Waals surface area contributed by atoms with Gasteiger partial charge in [0.1, 0.15) is 23.0 Å². The van der Waals surface area contributed by atoms with E-state index < -0.39 is 23.1 Å². The van der Waals surface area contributed by atoms with Crippen LogP contribution in [0.4, 0.5) is 13.2 Å². The molecule has 1 fully saturated rings. The highest BCUT2D eigenvalue weighted by Crippen LogP contribution is 2.36. The summed E-state index contributed by atoms with van der Waals surface area (Å²) in [5.74, 6) is -2.05. The van der Waals surface area contributed by atoms with Crippen molar-refractivity contribution in [2.45, 2.75) is 11.7 Å². The molecule has 0 aromatic heterocycles. The molecule has 2 aromatic carbocycles. The quantitative estimate of drug-likeness (QED) is 0.798. The van der Waals surface area contributed by atoms with Crippen molar-refractivity contribution >= 4 is 17.7 Å². The maximum Gasteiger partial charge on any atom is 0.259 e. The topological polar surface area (TPSA) is 20.3 Å². The number of thioether (sulfide) groups is 1. The Morgan fingerprint density at radius 2 is 1.62 bits per heavy atom. The first-order valence-corrected chi connectivity index (χ1v) is 8.72. The SMILES string of the molecule is O=C(c1c(F)cccc1F)N1CCSC(c2ccccc2F)CC1. The first-order chi connectivity index (χ1) is 11.6. The fraction of sp³-hybridized carbons (Fsp3) is 0.278. The highest BCUT2D eigenvalue weighted by molar-refractivity contribution is 7.99. The van der Waals surface area contributed by atoms with E-state index in [1.165, 1.54) is 17.0 Å². The van der Waals surface area contributed by atoms with Crippen LogP contribution in [0.1, 0.15) is 27.6 Å². The summed E-state index contributed by atoms with van der Waals surface area (Å²) in [6.45, 7) is 0.709. The van der Waals surface area contributed by atoms with E-state index in [1.54, 1.807) is 30.0 Å². The van der Waals surface area contributed by atoms with Crippen LogP contribution >= 0.6 is 11.8 Å². The molecule has 2 nitrogen and oxygen atoms in total. The van der Waals surface area contributed by atoms with Gasteiger partial charge in [-0.15, -0.1) is 0 Å². The van der Waals surface area contributed by atoms with Crippen LogP contribution in [0.3, 0.4) is 0 Å². The van der Waals surface area contributed by atoms with Crippen LogP contribution in [0.2, 0.25) is 0 Å². The molecule has 0 spiro atoms. The fourth-order valence-electron chi connectivity index (χ4n) is 2.82. The van der Waals surface area contributed by atoms with E-state index in [0.717, 1.165) is 12.1 Å². The van der Waals surface area contributed by atoms with Crippen LogP contribution in [0.5, 0.6) is 0 Å². The van der Waals surface area contributed by atoms with E-state index in [0.29, 0.717) is 30.8 Å². The molecule has 1 saturated heterocycles. The zero-order valence-corrected chi connectivity index (χ0v) is 13.7. The van der Waals surface area contributed by atoms with Crippen LogP contribution in [-0.2, 0) is 0 Å². The van der Waals surface area contributed by atoms with Crippen molar-refractivity contribution in [1.29, 1.82) is 0 Å². The third kappa shape index (κ3) is 3.43. The molecule has 1 unspecified atom stereocenters. The van der Waals surface area contributed by atoms with Crippen LogP contribution in [0, 0.1) is 17.5 Å². The summed E-state index contributed by atoms with van der Waals surface area (Å²) in [7, 11) is 0. The second-order valence-electron chi connectivity index (χ2n) is 5.56. The number of amides is 1. The Labute approximate surface area is 142 Å². The Balaban J connectivity index is 1.76. The Hall–Kier alpha value is -1.95. The molecule has 1 atom stereocenters. The van der Waals surface area contributed by atoms with E-state index in [4.69, 9.17) is 0 Å². The summed E-state index contributed by atoms with van der Waals surface area (Å²) in [5, 5.41) is -0.0746. The van der Waals surface area contributed by atoms with Gasteiger partial charge < -0.3 is 4.90 Å². The maximum absolute atomic E-state index is 13.9. The number of halogens is 3. The van der Waals surface area contributed by atoms with Crippen molar-refractivity contribution in [2.24, 2.45) is 0 Å². The number of nitrogens with zero attached hydrogens (tertiary/aromatic N) is 1. The lowest BCUT2D eigenvalue weighted by Crippen LogP contribution is -2.34. The average Bonchev–Trinajstić information content (AvgIpc) is 2.81. The minimum Gasteiger partial charge on any atom is -0.338 e. The van der Waals surface area contributed by atoms with Gasteiger partial charge in [0.15, 0.2) is 0 Å². The number of rotatable bonds is 2. The smallest absolute Gasteiger partial charge is 0.259 e. The molecule has 1 amide bonds. The normalized spacial score (nSPS) is 18.3. The van der Waals surface area contributed by atoms with Crippen LogP contribution in [0.15, 0.2) is 42.5 Å². The van der Waals surface area contributed by atoms with Crippen molar-refractivity contribution in [2.75, 3.05) is 18.8 Å². The Morgan fingerprint density at radius 3 is 2.33 bits per heavy atom. The predicted octanol–water partition coefficient (Wildman–Crippen LogP) is 4.42. The number of hydrogen-bond acceptors (Lipinski definition) is 2. The maximum atomic E-state index is 13.9. The molecule has 1 aliphatic heterocycles. The molecule has 1 aliphatic rings. The molecule has 0 radical (unpaired) electrons. The Morgan fingerprint density at radius 1 is 0.958 bits per heavy atom. The lowest BCUT2D eigenvalue weighted by atomic mass is 10.1. The van der Waals surface area contributed by atoms with Crippen molar-refractivity contribution in [3.8, 4) is 0 Å². The molecule has 6 heteroatoms. The van der Waals surface area contributed by atoms with Gasteiger partial charge in [-0.1, -0.05) is 24.3 Å². The molecule has 0 bridgehead atoms. The first-order valence-electron chi connectivity index (χ1n) is 7.67. The number of hydrogen-bond donors (Lipinski definition) is 0. The van der Waals surface area contributed by atoms with Crippen LogP contribution < -0.4 is 0 Å². The molecule has 2 aromatic rings. The number of carbonyl (C=O) groups is 1. The zero-order chi connectivity index (χ0) is 17.1. The second-order valence-corrected chi connectivity index (χ2v) is 6.87. The monoisotopic (exact) mass is 351 g/mol. The Bertz CT molecular complexity index is 733. The highest BCUT2D eigenvalue weighted by Gasteiger charge is 2.27. The summed E-state index contributed by atoms with van der Waals surface area (Å²) in [6, 6.07) is 9.95. The van der Waals surface area contributed by atoms with Gasteiger partial charge in [-0.3, -0.25) is 4.79 Å². The standard InChI is InChI=1S/C18H16F3NOS/c19-13-5-2-1-4-12(13)16-8-9-22(10-11-24-16)18(23)17-14(20)6-3-7-15(17)21/h1-7,16H,8-11H2. The summed E-state index contributed by atoms with van der Waals surface area (Å²) in [5.41, 5.74) is 0.0840.